The Kier molecular flexibility index (Phi) is 6.37. The number of hydrogen-bond acceptors (Lipinski definition) is 2. The van der Waals surface area contributed by atoms with E-state index in [1.165, 1.54) is 24.8 Å². The third-order valence-electron chi connectivity index (χ3n) is 4.14. The van der Waals surface area contributed by atoms with E-state index in [0.717, 1.165) is 39.6 Å². The third-order valence-corrected chi connectivity index (χ3v) is 5.18. The molecular formula is C16H23Br2NO. The third kappa shape index (κ3) is 4.22. The zero-order valence-corrected chi connectivity index (χ0v) is 15.4. The van der Waals surface area contributed by atoms with E-state index >= 15 is 0 Å². The van der Waals surface area contributed by atoms with Gasteiger partial charge >= 0.3 is 0 Å². The zero-order valence-electron chi connectivity index (χ0n) is 12.2. The number of ether oxygens (including phenoxy) is 1. The molecule has 1 aliphatic rings. The van der Waals surface area contributed by atoms with Gasteiger partial charge in [-0.25, -0.2) is 0 Å². The SMILES string of the molecule is CCOc1c(Br)cc(Br)cc1CNCC1CCCC1C. The van der Waals surface area contributed by atoms with Crippen molar-refractivity contribution in [3.05, 3.63) is 26.6 Å². The van der Waals surface area contributed by atoms with Crippen LogP contribution in [0.15, 0.2) is 21.1 Å². The molecular weight excluding hydrogens is 382 g/mol. The molecule has 0 aromatic heterocycles. The topological polar surface area (TPSA) is 21.3 Å². The van der Waals surface area contributed by atoms with Crippen LogP contribution < -0.4 is 10.1 Å². The van der Waals surface area contributed by atoms with E-state index in [9.17, 15) is 0 Å². The van der Waals surface area contributed by atoms with Gasteiger partial charge in [0.15, 0.2) is 0 Å². The first-order valence-corrected chi connectivity index (χ1v) is 9.01. The lowest BCUT2D eigenvalue weighted by Crippen LogP contribution is -2.24. The molecule has 0 heterocycles. The van der Waals surface area contributed by atoms with E-state index in [0.29, 0.717) is 6.61 Å². The van der Waals surface area contributed by atoms with Gasteiger partial charge in [-0.15, -0.1) is 0 Å². The van der Waals surface area contributed by atoms with Crippen LogP contribution in [0.3, 0.4) is 0 Å². The van der Waals surface area contributed by atoms with Gasteiger partial charge in [0.1, 0.15) is 5.75 Å². The average Bonchev–Trinajstić information content (AvgIpc) is 2.79. The van der Waals surface area contributed by atoms with Crippen molar-refractivity contribution in [3.63, 3.8) is 0 Å². The van der Waals surface area contributed by atoms with Gasteiger partial charge in [-0.05, 0) is 59.8 Å². The normalized spacial score (nSPS) is 22.2. The standard InChI is InChI=1S/C16H23Br2NO/c1-3-20-16-13(7-14(17)8-15(16)18)10-19-9-12-6-4-5-11(12)2/h7-8,11-12,19H,3-6,9-10H2,1-2H3. The fourth-order valence-electron chi connectivity index (χ4n) is 2.97. The summed E-state index contributed by atoms with van der Waals surface area (Å²) in [6.07, 6.45) is 4.15. The molecule has 0 radical (unpaired) electrons. The van der Waals surface area contributed by atoms with Crippen molar-refractivity contribution >= 4 is 31.9 Å². The monoisotopic (exact) mass is 403 g/mol. The molecule has 0 aliphatic heterocycles. The van der Waals surface area contributed by atoms with Crippen LogP contribution >= 0.6 is 31.9 Å². The van der Waals surface area contributed by atoms with Crippen molar-refractivity contribution in [1.82, 2.24) is 5.32 Å². The highest BCUT2D eigenvalue weighted by Crippen LogP contribution is 2.34. The lowest BCUT2D eigenvalue weighted by atomic mass is 9.98. The second kappa shape index (κ2) is 7.81. The van der Waals surface area contributed by atoms with Crippen LogP contribution in [0.1, 0.15) is 38.7 Å². The summed E-state index contributed by atoms with van der Waals surface area (Å²) in [5, 5.41) is 3.61. The number of rotatable bonds is 6. The quantitative estimate of drug-likeness (QED) is 0.708. The minimum absolute atomic E-state index is 0.687. The first kappa shape index (κ1) is 16.3. The maximum absolute atomic E-state index is 5.76. The Bertz CT molecular complexity index is 450. The Morgan fingerprint density at radius 1 is 1.30 bits per heavy atom. The zero-order chi connectivity index (χ0) is 14.5. The van der Waals surface area contributed by atoms with Gasteiger partial charge in [0.05, 0.1) is 11.1 Å². The molecule has 1 N–H and O–H groups in total. The Labute approximate surface area is 138 Å². The van der Waals surface area contributed by atoms with Crippen molar-refractivity contribution in [1.29, 1.82) is 0 Å². The number of nitrogens with one attached hydrogen (secondary N) is 1. The molecule has 2 rings (SSSR count). The van der Waals surface area contributed by atoms with E-state index in [-0.39, 0.29) is 0 Å². The molecule has 2 unspecified atom stereocenters. The molecule has 0 spiro atoms. The summed E-state index contributed by atoms with van der Waals surface area (Å²) in [4.78, 5) is 0. The van der Waals surface area contributed by atoms with E-state index in [1.54, 1.807) is 0 Å². The van der Waals surface area contributed by atoms with E-state index < -0.39 is 0 Å². The second-order valence-corrected chi connectivity index (χ2v) is 7.38. The smallest absolute Gasteiger partial charge is 0.138 e. The van der Waals surface area contributed by atoms with Gasteiger partial charge in [0, 0.05) is 16.6 Å². The van der Waals surface area contributed by atoms with Crippen molar-refractivity contribution < 1.29 is 4.74 Å². The lowest BCUT2D eigenvalue weighted by Gasteiger charge is -2.18. The van der Waals surface area contributed by atoms with Crippen LogP contribution in [0.25, 0.3) is 0 Å². The molecule has 1 saturated carbocycles. The summed E-state index contributed by atoms with van der Waals surface area (Å²) in [5.74, 6) is 2.66. The minimum Gasteiger partial charge on any atom is -0.492 e. The molecule has 0 bridgehead atoms. The van der Waals surface area contributed by atoms with Gasteiger partial charge in [-0.1, -0.05) is 35.7 Å². The highest BCUT2D eigenvalue weighted by Gasteiger charge is 2.22. The molecule has 1 fully saturated rings. The Morgan fingerprint density at radius 2 is 2.10 bits per heavy atom. The summed E-state index contributed by atoms with van der Waals surface area (Å²) in [6.45, 7) is 7.05. The van der Waals surface area contributed by atoms with Gasteiger partial charge in [0.25, 0.3) is 0 Å². The minimum atomic E-state index is 0.687. The van der Waals surface area contributed by atoms with Crippen LogP contribution in [-0.2, 0) is 6.54 Å². The van der Waals surface area contributed by atoms with Gasteiger partial charge < -0.3 is 10.1 Å². The number of halogens is 2. The summed E-state index contributed by atoms with van der Waals surface area (Å²) in [6, 6.07) is 4.17. The van der Waals surface area contributed by atoms with Gasteiger partial charge in [0.2, 0.25) is 0 Å². The van der Waals surface area contributed by atoms with E-state index in [1.807, 2.05) is 13.0 Å². The van der Waals surface area contributed by atoms with Gasteiger partial charge in [-0.2, -0.15) is 0 Å². The molecule has 0 saturated heterocycles. The summed E-state index contributed by atoms with van der Waals surface area (Å²) < 4.78 is 7.85. The van der Waals surface area contributed by atoms with E-state index in [2.05, 4.69) is 50.2 Å². The summed E-state index contributed by atoms with van der Waals surface area (Å²) >= 11 is 7.14. The predicted octanol–water partition coefficient (Wildman–Crippen LogP) is 5.14. The highest BCUT2D eigenvalue weighted by atomic mass is 79.9. The Morgan fingerprint density at radius 3 is 2.75 bits per heavy atom. The molecule has 20 heavy (non-hydrogen) atoms. The maximum Gasteiger partial charge on any atom is 0.138 e. The Hall–Kier alpha value is -0.0600. The first-order chi connectivity index (χ1) is 9.61. The van der Waals surface area contributed by atoms with Crippen molar-refractivity contribution in [2.45, 2.75) is 39.7 Å². The van der Waals surface area contributed by atoms with E-state index in [4.69, 9.17) is 4.74 Å². The molecule has 1 aromatic rings. The fraction of sp³-hybridized carbons (Fsp3) is 0.625. The maximum atomic E-state index is 5.76. The van der Waals surface area contributed by atoms with Gasteiger partial charge in [-0.3, -0.25) is 0 Å². The molecule has 112 valence electrons. The molecule has 0 amide bonds. The van der Waals surface area contributed by atoms with Crippen LogP contribution in [0.2, 0.25) is 0 Å². The molecule has 1 aliphatic carbocycles. The second-order valence-electron chi connectivity index (χ2n) is 5.61. The largest absolute Gasteiger partial charge is 0.492 e. The molecule has 4 heteroatoms. The average molecular weight is 405 g/mol. The van der Waals surface area contributed by atoms with Crippen molar-refractivity contribution in [3.8, 4) is 5.75 Å². The highest BCUT2D eigenvalue weighted by molar-refractivity contribution is 9.11. The van der Waals surface area contributed by atoms with Crippen LogP contribution in [-0.4, -0.2) is 13.2 Å². The number of benzene rings is 1. The predicted molar refractivity (Wildman–Crippen MR) is 91.2 cm³/mol. The molecule has 1 aromatic carbocycles. The summed E-state index contributed by atoms with van der Waals surface area (Å²) in [7, 11) is 0. The molecule has 2 nitrogen and oxygen atoms in total. The Balaban J connectivity index is 1.97. The van der Waals surface area contributed by atoms with Crippen LogP contribution in [0.4, 0.5) is 0 Å². The molecule has 2 atom stereocenters. The van der Waals surface area contributed by atoms with Crippen LogP contribution in [0.5, 0.6) is 5.75 Å². The first-order valence-electron chi connectivity index (χ1n) is 7.43. The number of hydrogen-bond donors (Lipinski definition) is 1. The summed E-state index contributed by atoms with van der Waals surface area (Å²) in [5.41, 5.74) is 1.21. The fourth-order valence-corrected chi connectivity index (χ4v) is 4.40. The van der Waals surface area contributed by atoms with Crippen LogP contribution in [0, 0.1) is 11.8 Å². The lowest BCUT2D eigenvalue weighted by molar-refractivity contribution is 0.331. The van der Waals surface area contributed by atoms with Crippen molar-refractivity contribution in [2.75, 3.05) is 13.2 Å². The van der Waals surface area contributed by atoms with Crippen molar-refractivity contribution in [2.24, 2.45) is 11.8 Å².